The lowest BCUT2D eigenvalue weighted by atomic mass is 10.2. The number of benzene rings is 2. The highest BCUT2D eigenvalue weighted by Gasteiger charge is 2.16. The molecule has 0 spiro atoms. The van der Waals surface area contributed by atoms with Crippen LogP contribution in [0.5, 0.6) is 0 Å². The van der Waals surface area contributed by atoms with Gasteiger partial charge in [0.2, 0.25) is 5.71 Å². The number of fused-ring (bicyclic) bond motifs is 3. The first-order chi connectivity index (χ1) is 13.6. The molecule has 4 aromatic rings. The number of rotatable bonds is 4. The van der Waals surface area contributed by atoms with Gasteiger partial charge in [0, 0.05) is 16.2 Å². The average Bonchev–Trinajstić information content (AvgIpc) is 3.07. The van der Waals surface area contributed by atoms with Gasteiger partial charge in [0.25, 0.3) is 11.2 Å². The van der Waals surface area contributed by atoms with Crippen molar-refractivity contribution in [2.75, 3.05) is 5.43 Å². The van der Waals surface area contributed by atoms with E-state index in [1.165, 1.54) is 29.5 Å². The van der Waals surface area contributed by atoms with Gasteiger partial charge in [-0.1, -0.05) is 30.3 Å². The highest BCUT2D eigenvalue weighted by molar-refractivity contribution is 7.25. The Labute approximate surface area is 160 Å². The Morgan fingerprint density at radius 1 is 1.25 bits per heavy atom. The minimum atomic E-state index is -0.562. The Kier molecular flexibility index (Phi) is 4.27. The van der Waals surface area contributed by atoms with Crippen LogP contribution in [-0.2, 0) is 0 Å². The van der Waals surface area contributed by atoms with E-state index >= 15 is 0 Å². The molecule has 0 aliphatic heterocycles. The number of nitriles is 1. The summed E-state index contributed by atoms with van der Waals surface area (Å²) in [5.74, 6) is -0.0161. The largest absolute Gasteiger partial charge is 0.304 e. The highest BCUT2D eigenvalue weighted by Crippen LogP contribution is 2.30. The number of hydrazone groups is 1. The van der Waals surface area contributed by atoms with Crippen molar-refractivity contribution >= 4 is 48.7 Å². The molecule has 9 nitrogen and oxygen atoms in total. The predicted molar refractivity (Wildman–Crippen MR) is 107 cm³/mol. The zero-order valence-electron chi connectivity index (χ0n) is 14.0. The van der Waals surface area contributed by atoms with Crippen LogP contribution in [0.3, 0.4) is 0 Å². The van der Waals surface area contributed by atoms with Crippen molar-refractivity contribution in [2.24, 2.45) is 5.10 Å². The molecule has 2 N–H and O–H groups in total. The molecule has 0 radical (unpaired) electrons. The Morgan fingerprint density at radius 2 is 2.00 bits per heavy atom. The number of nitro groups is 1. The maximum Gasteiger partial charge on any atom is 0.294 e. The number of aromatic nitrogens is 2. The minimum absolute atomic E-state index is 0.0161. The normalized spacial score (nSPS) is 11.5. The Hall–Kier alpha value is -4.10. The van der Waals surface area contributed by atoms with E-state index in [1.807, 2.05) is 30.3 Å². The molecule has 0 saturated carbocycles. The van der Waals surface area contributed by atoms with Gasteiger partial charge in [0.15, 0.2) is 5.82 Å². The van der Waals surface area contributed by atoms with E-state index in [4.69, 9.17) is 0 Å². The van der Waals surface area contributed by atoms with Crippen molar-refractivity contribution in [2.45, 2.75) is 0 Å². The summed E-state index contributed by atoms with van der Waals surface area (Å²) in [6.07, 6.45) is 0. The van der Waals surface area contributed by atoms with Crippen LogP contribution in [0.15, 0.2) is 58.4 Å². The van der Waals surface area contributed by atoms with Gasteiger partial charge in [-0.2, -0.15) is 10.4 Å². The SMILES string of the molecule is N#CC(=NNc1ccccc1[N+](=O)[O-])c1nc2sc3ccccc3c2c(=O)[nH]1. The van der Waals surface area contributed by atoms with Gasteiger partial charge in [-0.25, -0.2) is 4.98 Å². The minimum Gasteiger partial charge on any atom is -0.304 e. The van der Waals surface area contributed by atoms with Crippen LogP contribution in [0.25, 0.3) is 20.3 Å². The third-order valence-corrected chi connectivity index (χ3v) is 5.03. The number of anilines is 1. The second-order valence-electron chi connectivity index (χ2n) is 5.65. The zero-order valence-corrected chi connectivity index (χ0v) is 14.9. The number of para-hydroxylation sites is 2. The first-order valence-corrected chi connectivity index (χ1v) is 8.79. The number of nitrogens with one attached hydrogen (secondary N) is 2. The topological polar surface area (TPSA) is 137 Å². The van der Waals surface area contributed by atoms with E-state index in [9.17, 15) is 20.2 Å². The number of aromatic amines is 1. The van der Waals surface area contributed by atoms with Crippen molar-refractivity contribution in [3.63, 3.8) is 0 Å². The lowest BCUT2D eigenvalue weighted by Crippen LogP contribution is -2.16. The molecule has 0 fully saturated rings. The smallest absolute Gasteiger partial charge is 0.294 e. The molecule has 0 unspecified atom stereocenters. The standard InChI is InChI=1S/C18H10N6O3S/c19-9-12(23-22-11-6-2-3-7-13(11)24(26)27)16-20-17(25)15-10-5-1-4-8-14(10)28-18(15)21-16/h1-8,22H,(H,20,21,25). The van der Waals surface area contributed by atoms with Gasteiger partial charge in [-0.05, 0) is 12.1 Å². The molecular formula is C18H10N6O3S. The molecule has 0 saturated heterocycles. The lowest BCUT2D eigenvalue weighted by molar-refractivity contribution is -0.384. The van der Waals surface area contributed by atoms with Gasteiger partial charge in [0.05, 0.1) is 10.3 Å². The van der Waals surface area contributed by atoms with Crippen LogP contribution in [0, 0.1) is 21.4 Å². The Morgan fingerprint density at radius 3 is 2.79 bits per heavy atom. The van der Waals surface area contributed by atoms with E-state index in [-0.39, 0.29) is 28.5 Å². The van der Waals surface area contributed by atoms with Gasteiger partial charge in [-0.15, -0.1) is 11.3 Å². The second kappa shape index (κ2) is 6.90. The number of nitro benzene ring substituents is 1. The number of nitrogens with zero attached hydrogens (tertiary/aromatic N) is 4. The van der Waals surface area contributed by atoms with Gasteiger partial charge >= 0.3 is 0 Å². The van der Waals surface area contributed by atoms with E-state index in [0.29, 0.717) is 10.2 Å². The molecule has 2 heterocycles. The summed E-state index contributed by atoms with van der Waals surface area (Å²) < 4.78 is 0.904. The van der Waals surface area contributed by atoms with E-state index < -0.39 is 4.92 Å². The maximum absolute atomic E-state index is 12.5. The summed E-state index contributed by atoms with van der Waals surface area (Å²) in [5.41, 5.74) is 1.85. The molecule has 136 valence electrons. The summed E-state index contributed by atoms with van der Waals surface area (Å²) in [6, 6.07) is 15.2. The Bertz CT molecular complexity index is 1370. The third kappa shape index (κ3) is 2.95. The fourth-order valence-corrected chi connectivity index (χ4v) is 3.79. The third-order valence-electron chi connectivity index (χ3n) is 3.97. The molecule has 0 bridgehead atoms. The van der Waals surface area contributed by atoms with Gasteiger partial charge < -0.3 is 4.98 Å². The van der Waals surface area contributed by atoms with E-state index in [2.05, 4.69) is 20.5 Å². The monoisotopic (exact) mass is 390 g/mol. The molecule has 0 atom stereocenters. The van der Waals surface area contributed by atoms with Crippen molar-refractivity contribution in [3.8, 4) is 6.07 Å². The molecule has 2 aromatic carbocycles. The molecule has 4 rings (SSSR count). The first-order valence-electron chi connectivity index (χ1n) is 7.97. The first kappa shape index (κ1) is 17.3. The Balaban J connectivity index is 1.79. The van der Waals surface area contributed by atoms with Crippen LogP contribution in [0.1, 0.15) is 5.82 Å². The van der Waals surface area contributed by atoms with E-state index in [0.717, 1.165) is 10.1 Å². The summed E-state index contributed by atoms with van der Waals surface area (Å²) >= 11 is 1.33. The van der Waals surface area contributed by atoms with Crippen LogP contribution < -0.4 is 11.0 Å². The van der Waals surface area contributed by atoms with Crippen LogP contribution in [0.2, 0.25) is 0 Å². The summed E-state index contributed by atoms with van der Waals surface area (Å²) in [6.45, 7) is 0. The number of hydrogen-bond acceptors (Lipinski definition) is 8. The fraction of sp³-hybridized carbons (Fsp3) is 0. The molecule has 0 aliphatic carbocycles. The lowest BCUT2D eigenvalue weighted by Gasteiger charge is -2.03. The maximum atomic E-state index is 12.5. The van der Waals surface area contributed by atoms with Crippen LogP contribution in [0.4, 0.5) is 11.4 Å². The molecule has 2 aromatic heterocycles. The zero-order chi connectivity index (χ0) is 19.7. The van der Waals surface area contributed by atoms with Crippen molar-refractivity contribution in [3.05, 3.63) is 74.8 Å². The average molecular weight is 390 g/mol. The second-order valence-corrected chi connectivity index (χ2v) is 6.68. The number of H-pyrrole nitrogens is 1. The number of hydrogen-bond donors (Lipinski definition) is 2. The van der Waals surface area contributed by atoms with Crippen molar-refractivity contribution in [1.29, 1.82) is 5.26 Å². The van der Waals surface area contributed by atoms with Crippen LogP contribution in [-0.4, -0.2) is 20.6 Å². The van der Waals surface area contributed by atoms with Gasteiger partial charge in [-0.3, -0.25) is 20.3 Å². The number of thiophene rings is 1. The van der Waals surface area contributed by atoms with Crippen molar-refractivity contribution < 1.29 is 4.92 Å². The van der Waals surface area contributed by atoms with Gasteiger partial charge in [0.1, 0.15) is 16.6 Å². The fourth-order valence-electron chi connectivity index (χ4n) is 2.72. The molecular weight excluding hydrogens is 380 g/mol. The van der Waals surface area contributed by atoms with Crippen LogP contribution >= 0.6 is 11.3 Å². The summed E-state index contributed by atoms with van der Waals surface area (Å²) in [5, 5.41) is 25.6. The highest BCUT2D eigenvalue weighted by atomic mass is 32.1. The molecule has 10 heteroatoms. The predicted octanol–water partition coefficient (Wildman–Crippen LogP) is 3.39. The molecule has 0 aliphatic rings. The molecule has 28 heavy (non-hydrogen) atoms. The summed E-state index contributed by atoms with van der Waals surface area (Å²) in [7, 11) is 0. The summed E-state index contributed by atoms with van der Waals surface area (Å²) in [4.78, 5) is 30.5. The molecule has 0 amide bonds. The van der Waals surface area contributed by atoms with Crippen molar-refractivity contribution in [1.82, 2.24) is 9.97 Å². The van der Waals surface area contributed by atoms with E-state index in [1.54, 1.807) is 6.07 Å². The quantitative estimate of drug-likeness (QED) is 0.311.